The first-order chi connectivity index (χ1) is 13.0. The summed E-state index contributed by atoms with van der Waals surface area (Å²) in [6.07, 6.45) is 2.33. The average molecular weight is 383 g/mol. The molecule has 0 radical (unpaired) electrons. The maximum Gasteiger partial charge on any atom is 0.388 e. The summed E-state index contributed by atoms with van der Waals surface area (Å²) in [6, 6.07) is 1.13. The van der Waals surface area contributed by atoms with Gasteiger partial charge in [-0.3, -0.25) is 5.10 Å². The molecule has 1 aliphatic heterocycles. The van der Waals surface area contributed by atoms with Crippen LogP contribution >= 0.6 is 0 Å². The maximum absolute atomic E-state index is 12.2. The lowest BCUT2D eigenvalue weighted by Gasteiger charge is -2.29. The summed E-state index contributed by atoms with van der Waals surface area (Å²) in [7, 11) is 0. The maximum atomic E-state index is 12.2. The van der Waals surface area contributed by atoms with Gasteiger partial charge in [0.05, 0.1) is 32.1 Å². The number of aromatic amines is 1. The van der Waals surface area contributed by atoms with Crippen LogP contribution in [0.3, 0.4) is 0 Å². The molecular formula is C15H19F2N7O3. The third-order valence-corrected chi connectivity index (χ3v) is 3.73. The fraction of sp³-hybridized carbons (Fsp3) is 0.467. The topological polar surface area (TPSA) is 130 Å². The van der Waals surface area contributed by atoms with Crippen molar-refractivity contribution in [1.82, 2.24) is 20.2 Å². The molecule has 2 aromatic rings. The Morgan fingerprint density at radius 3 is 3.00 bits per heavy atom. The lowest BCUT2D eigenvalue weighted by atomic mass is 10.2. The van der Waals surface area contributed by atoms with Crippen molar-refractivity contribution >= 4 is 23.7 Å². The highest BCUT2D eigenvalue weighted by Gasteiger charge is 2.22. The molecule has 0 amide bonds. The van der Waals surface area contributed by atoms with Crippen LogP contribution in [0.15, 0.2) is 12.3 Å². The van der Waals surface area contributed by atoms with Crippen LogP contribution in [0, 0.1) is 5.41 Å². The second kappa shape index (κ2) is 8.68. The molecule has 0 aliphatic carbocycles. The molecule has 3 heterocycles. The van der Waals surface area contributed by atoms with Crippen LogP contribution in [-0.2, 0) is 9.47 Å². The molecule has 146 valence electrons. The first kappa shape index (κ1) is 18.9. The van der Waals surface area contributed by atoms with E-state index in [1.165, 1.54) is 12.3 Å². The molecule has 4 N–H and O–H groups in total. The molecule has 0 unspecified atom stereocenters. The van der Waals surface area contributed by atoms with Crippen molar-refractivity contribution in [1.29, 1.82) is 5.41 Å². The predicted molar refractivity (Wildman–Crippen MR) is 92.1 cm³/mol. The molecule has 0 bridgehead atoms. The van der Waals surface area contributed by atoms with Gasteiger partial charge in [-0.25, -0.2) is 9.97 Å². The minimum atomic E-state index is -2.96. The Bertz CT molecular complexity index is 768. The van der Waals surface area contributed by atoms with Crippen LogP contribution in [-0.4, -0.2) is 65.0 Å². The first-order valence-corrected chi connectivity index (χ1v) is 8.16. The van der Waals surface area contributed by atoms with Crippen molar-refractivity contribution in [3.8, 4) is 5.88 Å². The number of ether oxygens (including phenoxy) is 3. The number of anilines is 3. The van der Waals surface area contributed by atoms with E-state index in [-0.39, 0.29) is 18.0 Å². The van der Waals surface area contributed by atoms with E-state index in [1.54, 1.807) is 0 Å². The summed E-state index contributed by atoms with van der Waals surface area (Å²) in [5, 5.41) is 19.6. The van der Waals surface area contributed by atoms with Crippen molar-refractivity contribution in [3.05, 3.63) is 18.0 Å². The second-order valence-electron chi connectivity index (χ2n) is 5.67. The van der Waals surface area contributed by atoms with E-state index < -0.39 is 6.61 Å². The van der Waals surface area contributed by atoms with Crippen LogP contribution < -0.4 is 15.4 Å². The number of nitrogens with one attached hydrogen (secondary N) is 4. The van der Waals surface area contributed by atoms with E-state index >= 15 is 0 Å². The zero-order chi connectivity index (χ0) is 19.2. The Balaban J connectivity index is 1.70. The molecule has 3 rings (SSSR count). The molecule has 2 aromatic heterocycles. The highest BCUT2D eigenvalue weighted by atomic mass is 19.3. The lowest BCUT2D eigenvalue weighted by molar-refractivity contribution is -0.0925. The lowest BCUT2D eigenvalue weighted by Crippen LogP contribution is -2.41. The van der Waals surface area contributed by atoms with Gasteiger partial charge in [0.1, 0.15) is 17.6 Å². The molecule has 1 fully saturated rings. The van der Waals surface area contributed by atoms with Crippen LogP contribution in [0.4, 0.5) is 26.2 Å². The van der Waals surface area contributed by atoms with Gasteiger partial charge in [0.15, 0.2) is 11.6 Å². The molecule has 1 saturated heterocycles. The summed E-state index contributed by atoms with van der Waals surface area (Å²) >= 11 is 0. The zero-order valence-electron chi connectivity index (χ0n) is 14.4. The van der Waals surface area contributed by atoms with Gasteiger partial charge in [-0.05, 0) is 6.92 Å². The Kier molecular flexibility index (Phi) is 6.08. The van der Waals surface area contributed by atoms with Gasteiger partial charge in [0, 0.05) is 12.3 Å². The van der Waals surface area contributed by atoms with Crippen molar-refractivity contribution in [2.45, 2.75) is 25.7 Å². The number of aromatic nitrogens is 4. The molecule has 0 spiro atoms. The van der Waals surface area contributed by atoms with Crippen LogP contribution in [0.2, 0.25) is 0 Å². The number of H-pyrrole nitrogens is 1. The molecule has 2 atom stereocenters. The third kappa shape index (κ3) is 5.08. The predicted octanol–water partition coefficient (Wildman–Crippen LogP) is 1.76. The summed E-state index contributed by atoms with van der Waals surface area (Å²) in [5.74, 6) is 0.743. The van der Waals surface area contributed by atoms with Gasteiger partial charge >= 0.3 is 6.61 Å². The Hall–Kier alpha value is -2.86. The van der Waals surface area contributed by atoms with Crippen LogP contribution in [0.5, 0.6) is 5.88 Å². The molecule has 10 nitrogen and oxygen atoms in total. The summed E-state index contributed by atoms with van der Waals surface area (Å²) in [5.41, 5.74) is 0.343. The van der Waals surface area contributed by atoms with Gasteiger partial charge in [0.2, 0.25) is 5.88 Å². The van der Waals surface area contributed by atoms with Gasteiger partial charge in [-0.2, -0.15) is 8.78 Å². The molecule has 0 aromatic carbocycles. The zero-order valence-corrected chi connectivity index (χ0v) is 14.4. The summed E-state index contributed by atoms with van der Waals surface area (Å²) < 4.78 is 39.6. The quantitative estimate of drug-likeness (QED) is 0.507. The van der Waals surface area contributed by atoms with Crippen molar-refractivity contribution in [2.75, 3.05) is 30.5 Å². The number of nitrogens with zero attached hydrogens (tertiary/aromatic N) is 3. The molecular weight excluding hydrogens is 364 g/mol. The van der Waals surface area contributed by atoms with Crippen molar-refractivity contribution in [2.24, 2.45) is 0 Å². The van der Waals surface area contributed by atoms with Gasteiger partial charge in [-0.1, -0.05) is 0 Å². The Morgan fingerprint density at radius 2 is 2.30 bits per heavy atom. The fourth-order valence-electron chi connectivity index (χ4n) is 2.43. The minimum absolute atomic E-state index is 0.133. The van der Waals surface area contributed by atoms with Gasteiger partial charge in [0.25, 0.3) is 0 Å². The fourth-order valence-corrected chi connectivity index (χ4v) is 2.43. The number of hydrogen-bond donors (Lipinski definition) is 4. The largest absolute Gasteiger partial charge is 0.415 e. The van der Waals surface area contributed by atoms with Crippen molar-refractivity contribution < 1.29 is 23.0 Å². The van der Waals surface area contributed by atoms with E-state index in [1.807, 2.05) is 6.92 Å². The monoisotopic (exact) mass is 383 g/mol. The van der Waals surface area contributed by atoms with Crippen LogP contribution in [0.25, 0.3) is 0 Å². The van der Waals surface area contributed by atoms with E-state index in [0.29, 0.717) is 43.0 Å². The highest BCUT2D eigenvalue weighted by Crippen LogP contribution is 2.21. The second-order valence-corrected chi connectivity index (χ2v) is 5.67. The molecule has 12 heteroatoms. The first-order valence-electron chi connectivity index (χ1n) is 8.16. The normalized spacial score (nSPS) is 18.1. The Labute approximate surface area is 153 Å². The minimum Gasteiger partial charge on any atom is -0.415 e. The number of rotatable bonds is 8. The summed E-state index contributed by atoms with van der Waals surface area (Å²) in [6.45, 7) is 0.494. The number of alkyl halides is 2. The standard InChI is InChI=1S/C15H19F2N7O3/c1-8(10-7-25-2-3-26-10)20-14-9(5-18)19-6-12(22-14)21-11-4-13(24-23-11)27-15(16)17/h4-6,8,10,15,18H,2-3,7H2,1H3,(H3,20,21,22,23,24)/t8-,10-/m0/s1. The number of hydrogen-bond acceptors (Lipinski definition) is 9. The smallest absolute Gasteiger partial charge is 0.388 e. The molecule has 27 heavy (non-hydrogen) atoms. The molecule has 0 saturated carbocycles. The van der Waals surface area contributed by atoms with Crippen molar-refractivity contribution in [3.63, 3.8) is 0 Å². The average Bonchev–Trinajstić information content (AvgIpc) is 3.08. The van der Waals surface area contributed by atoms with Crippen LogP contribution in [0.1, 0.15) is 12.6 Å². The van der Waals surface area contributed by atoms with E-state index in [4.69, 9.17) is 14.9 Å². The SMILES string of the molecule is C[C@H](Nc1nc(Nc2cc(OC(F)F)n[nH]2)cnc1C=N)[C@@H]1COCCO1. The van der Waals surface area contributed by atoms with Gasteiger partial charge in [-0.15, -0.1) is 5.10 Å². The van der Waals surface area contributed by atoms with E-state index in [9.17, 15) is 8.78 Å². The number of halogens is 2. The van der Waals surface area contributed by atoms with Gasteiger partial charge < -0.3 is 30.3 Å². The third-order valence-electron chi connectivity index (χ3n) is 3.73. The highest BCUT2D eigenvalue weighted by molar-refractivity contribution is 5.82. The van der Waals surface area contributed by atoms with E-state index in [2.05, 4.69) is 35.5 Å². The summed E-state index contributed by atoms with van der Waals surface area (Å²) in [4.78, 5) is 8.53. The van der Waals surface area contributed by atoms with E-state index in [0.717, 1.165) is 6.21 Å². The molecule has 1 aliphatic rings. The Morgan fingerprint density at radius 1 is 1.44 bits per heavy atom.